The van der Waals surface area contributed by atoms with Crippen molar-refractivity contribution in [3.8, 4) is 0 Å². The number of amides is 1. The summed E-state index contributed by atoms with van der Waals surface area (Å²) < 4.78 is 9.64. The summed E-state index contributed by atoms with van der Waals surface area (Å²) in [5.74, 6) is -1.91. The zero-order valence-electron chi connectivity index (χ0n) is 16.4. The number of nitrogens with one attached hydrogen (secondary N) is 1. The predicted molar refractivity (Wildman–Crippen MR) is 104 cm³/mol. The van der Waals surface area contributed by atoms with E-state index in [0.717, 1.165) is 5.56 Å². The van der Waals surface area contributed by atoms with Crippen LogP contribution < -0.4 is 40.0 Å². The van der Waals surface area contributed by atoms with Crippen LogP contribution in [-0.2, 0) is 19.1 Å². The van der Waals surface area contributed by atoms with Crippen LogP contribution in [0.5, 0.6) is 0 Å². The van der Waals surface area contributed by atoms with Crippen LogP contribution in [0.25, 0.3) is 6.08 Å². The molecule has 152 valence electrons. The molecule has 1 atom stereocenters. The third-order valence-electron chi connectivity index (χ3n) is 3.80. The van der Waals surface area contributed by atoms with Gasteiger partial charge in [-0.3, -0.25) is 0 Å². The van der Waals surface area contributed by atoms with Crippen LogP contribution >= 0.6 is 11.6 Å². The number of rotatable bonds is 9. The number of halogens is 1. The molecule has 1 unspecified atom stereocenters. The third kappa shape index (κ3) is 9.93. The molecule has 30 heavy (non-hydrogen) atoms. The summed E-state index contributed by atoms with van der Waals surface area (Å²) in [5.41, 5.74) is 1.47. The van der Waals surface area contributed by atoms with Gasteiger partial charge in [0.05, 0.1) is 6.04 Å². The number of carbonyl (C=O) groups excluding carboxylic acids is 3. The average Bonchev–Trinajstić information content (AvgIpc) is 2.71. The Morgan fingerprint density at radius 1 is 1.03 bits per heavy atom. The topological polar surface area (TPSA) is 105 Å². The first-order valence-corrected chi connectivity index (χ1v) is 9.10. The van der Waals surface area contributed by atoms with Crippen molar-refractivity contribution in [1.29, 1.82) is 0 Å². The molecule has 0 spiro atoms. The molecule has 7 nitrogen and oxygen atoms in total. The van der Waals surface area contributed by atoms with Gasteiger partial charge >= 0.3 is 41.6 Å². The molecule has 0 saturated heterocycles. The van der Waals surface area contributed by atoms with E-state index >= 15 is 0 Å². The van der Waals surface area contributed by atoms with Gasteiger partial charge in [0.15, 0.2) is 0 Å². The second kappa shape index (κ2) is 13.8. The van der Waals surface area contributed by atoms with E-state index in [2.05, 4.69) is 5.32 Å². The molecule has 0 fully saturated rings. The molecular formula is C21H19ClNNaO6. The Kier molecular flexibility index (Phi) is 11.8. The molecule has 0 aromatic heterocycles. The fourth-order valence-electron chi connectivity index (χ4n) is 2.38. The maximum Gasteiger partial charge on any atom is 1.00 e. The maximum atomic E-state index is 12.0. The van der Waals surface area contributed by atoms with E-state index in [1.54, 1.807) is 30.3 Å². The van der Waals surface area contributed by atoms with E-state index in [9.17, 15) is 19.5 Å². The molecule has 2 aromatic rings. The van der Waals surface area contributed by atoms with E-state index in [0.29, 0.717) is 10.6 Å². The average molecular weight is 440 g/mol. The predicted octanol–water partition coefficient (Wildman–Crippen LogP) is -0.145. The number of hydrogen-bond acceptors (Lipinski definition) is 6. The SMILES string of the molecule is O=C([O-])CCC(NC(=O)OCOC(=O)/C=C/c1ccccc1)c1ccc(Cl)cc1.[Na+]. The van der Waals surface area contributed by atoms with Gasteiger partial charge < -0.3 is 24.7 Å². The van der Waals surface area contributed by atoms with Gasteiger partial charge in [0.2, 0.25) is 6.79 Å². The molecule has 0 aliphatic heterocycles. The standard InChI is InChI=1S/C21H20ClNO6.Na/c22-17-9-7-16(8-10-17)18(11-12-19(24)25)23-21(27)29-14-28-20(26)13-6-15-4-2-1-3-5-15;/h1-10,13,18H,11-12,14H2,(H,23,27)(H,24,25);/q;+1/p-1/b13-6+;. The zero-order valence-corrected chi connectivity index (χ0v) is 19.1. The summed E-state index contributed by atoms with van der Waals surface area (Å²) in [6, 6.07) is 15.1. The first-order valence-electron chi connectivity index (χ1n) is 8.72. The molecule has 2 rings (SSSR count). The quantitative estimate of drug-likeness (QED) is 0.252. The minimum atomic E-state index is -1.24. The number of benzene rings is 2. The molecule has 0 bridgehead atoms. The fourth-order valence-corrected chi connectivity index (χ4v) is 2.51. The Morgan fingerprint density at radius 2 is 1.70 bits per heavy atom. The third-order valence-corrected chi connectivity index (χ3v) is 4.06. The number of carboxylic acids is 1. The van der Waals surface area contributed by atoms with Gasteiger partial charge in [-0.05, 0) is 42.2 Å². The van der Waals surface area contributed by atoms with Gasteiger partial charge in [0.25, 0.3) is 0 Å². The molecular weight excluding hydrogens is 421 g/mol. The van der Waals surface area contributed by atoms with E-state index in [1.165, 1.54) is 6.08 Å². The van der Waals surface area contributed by atoms with Crippen LogP contribution in [0.4, 0.5) is 4.79 Å². The number of carbonyl (C=O) groups is 3. The second-order valence-electron chi connectivity index (χ2n) is 5.92. The van der Waals surface area contributed by atoms with Crippen molar-refractivity contribution < 1.29 is 58.5 Å². The smallest absolute Gasteiger partial charge is 0.550 e. The number of carboxylic acid groups (broad SMARTS) is 1. The van der Waals surface area contributed by atoms with Gasteiger partial charge in [-0.15, -0.1) is 0 Å². The summed E-state index contributed by atoms with van der Waals surface area (Å²) in [4.78, 5) is 34.4. The monoisotopic (exact) mass is 439 g/mol. The molecule has 0 aliphatic carbocycles. The van der Waals surface area contributed by atoms with Gasteiger partial charge in [-0.2, -0.15) is 0 Å². The molecule has 0 saturated carbocycles. The van der Waals surface area contributed by atoms with E-state index in [4.69, 9.17) is 21.1 Å². The fraction of sp³-hybridized carbons (Fsp3) is 0.190. The van der Waals surface area contributed by atoms with Crippen molar-refractivity contribution in [3.63, 3.8) is 0 Å². The summed E-state index contributed by atoms with van der Waals surface area (Å²) in [7, 11) is 0. The van der Waals surface area contributed by atoms with Crippen LogP contribution in [0.15, 0.2) is 60.7 Å². The van der Waals surface area contributed by atoms with E-state index in [1.807, 2.05) is 30.3 Å². The molecule has 0 aliphatic rings. The molecule has 1 N–H and O–H groups in total. The minimum Gasteiger partial charge on any atom is -0.550 e. The molecule has 0 heterocycles. The van der Waals surface area contributed by atoms with Gasteiger partial charge in [0.1, 0.15) is 0 Å². The Hall–Kier alpha value is -2.32. The molecule has 0 radical (unpaired) electrons. The second-order valence-corrected chi connectivity index (χ2v) is 6.35. The number of alkyl carbamates (subject to hydrolysis) is 1. The number of ether oxygens (including phenoxy) is 2. The van der Waals surface area contributed by atoms with Crippen LogP contribution in [0, 0.1) is 0 Å². The van der Waals surface area contributed by atoms with Crippen LogP contribution in [0.3, 0.4) is 0 Å². The zero-order chi connectivity index (χ0) is 21.1. The van der Waals surface area contributed by atoms with Crippen LogP contribution in [0.1, 0.15) is 30.0 Å². The van der Waals surface area contributed by atoms with Crippen molar-refractivity contribution in [1.82, 2.24) is 5.32 Å². The molecule has 9 heteroatoms. The van der Waals surface area contributed by atoms with Crippen molar-refractivity contribution in [3.05, 3.63) is 76.8 Å². The number of hydrogen-bond donors (Lipinski definition) is 1. The Bertz CT molecular complexity index is 858. The maximum absolute atomic E-state index is 12.0. The van der Waals surface area contributed by atoms with Crippen molar-refractivity contribution in [2.24, 2.45) is 0 Å². The van der Waals surface area contributed by atoms with Crippen molar-refractivity contribution in [2.75, 3.05) is 6.79 Å². The Morgan fingerprint density at radius 3 is 2.33 bits per heavy atom. The van der Waals surface area contributed by atoms with Crippen molar-refractivity contribution in [2.45, 2.75) is 18.9 Å². The summed E-state index contributed by atoms with van der Waals surface area (Å²) in [6.45, 7) is -0.586. The van der Waals surface area contributed by atoms with E-state index < -0.39 is 30.9 Å². The van der Waals surface area contributed by atoms with Gasteiger partial charge in [0, 0.05) is 17.1 Å². The van der Waals surface area contributed by atoms with Crippen LogP contribution in [0.2, 0.25) is 5.02 Å². The Balaban J connectivity index is 0.00000450. The largest absolute Gasteiger partial charge is 1.00 e. The first kappa shape index (κ1) is 25.7. The van der Waals surface area contributed by atoms with Gasteiger partial charge in [-0.1, -0.05) is 54.1 Å². The normalized spacial score (nSPS) is 11.2. The number of aliphatic carboxylic acids is 1. The van der Waals surface area contributed by atoms with Crippen LogP contribution in [-0.4, -0.2) is 24.8 Å². The van der Waals surface area contributed by atoms with E-state index in [-0.39, 0.29) is 42.4 Å². The molecule has 1 amide bonds. The van der Waals surface area contributed by atoms with Crippen molar-refractivity contribution >= 4 is 35.7 Å². The summed E-state index contributed by atoms with van der Waals surface area (Å²) in [5, 5.41) is 13.8. The Labute approximate surface area is 201 Å². The summed E-state index contributed by atoms with van der Waals surface area (Å²) in [6.07, 6.45) is 1.76. The number of esters is 1. The first-order chi connectivity index (χ1) is 13.9. The summed E-state index contributed by atoms with van der Waals surface area (Å²) >= 11 is 5.84. The minimum absolute atomic E-state index is 0. The van der Waals surface area contributed by atoms with Gasteiger partial charge in [-0.25, -0.2) is 9.59 Å². The molecule has 2 aromatic carbocycles.